The van der Waals surface area contributed by atoms with Crippen LogP contribution in [0, 0.1) is 6.92 Å². The van der Waals surface area contributed by atoms with Crippen LogP contribution in [0.3, 0.4) is 0 Å². The normalized spacial score (nSPS) is 16.2. The molecule has 0 amide bonds. The van der Waals surface area contributed by atoms with Crippen LogP contribution in [-0.2, 0) is 12.8 Å². The Balaban J connectivity index is 1.41. The van der Waals surface area contributed by atoms with Gasteiger partial charge in [-0.25, -0.2) is 4.98 Å². The number of nitrogens with one attached hydrogen (secondary N) is 2. The van der Waals surface area contributed by atoms with Crippen molar-refractivity contribution in [3.8, 4) is 5.95 Å². The summed E-state index contributed by atoms with van der Waals surface area (Å²) in [6.45, 7) is 6.28. The Kier molecular flexibility index (Phi) is 4.28. The zero-order valence-electron chi connectivity index (χ0n) is 18.5. The molecule has 1 atom stereocenters. The van der Waals surface area contributed by atoms with Crippen LogP contribution in [0.25, 0.3) is 22.5 Å². The molecule has 6 rings (SSSR count). The van der Waals surface area contributed by atoms with Crippen LogP contribution in [0.1, 0.15) is 48.8 Å². The third kappa shape index (κ3) is 2.97. The molecule has 5 aromatic rings. The van der Waals surface area contributed by atoms with Crippen molar-refractivity contribution in [1.82, 2.24) is 34.1 Å². The van der Waals surface area contributed by atoms with E-state index in [-0.39, 0.29) is 6.04 Å². The fourth-order valence-corrected chi connectivity index (χ4v) is 4.76. The first-order valence-electron chi connectivity index (χ1n) is 11.2. The number of aromatic amines is 1. The van der Waals surface area contributed by atoms with Gasteiger partial charge in [0.25, 0.3) is 0 Å². The third-order valence-electron chi connectivity index (χ3n) is 6.48. The fraction of sp³-hybridized carbons (Fsp3) is 0.333. The highest BCUT2D eigenvalue weighted by molar-refractivity contribution is 5.85. The van der Waals surface area contributed by atoms with Crippen LogP contribution in [0.15, 0.2) is 42.9 Å². The molecular formula is C24H26N8. The Labute approximate surface area is 185 Å². The molecule has 1 aromatic carbocycles. The summed E-state index contributed by atoms with van der Waals surface area (Å²) in [6, 6.07) is 8.82. The zero-order valence-corrected chi connectivity index (χ0v) is 18.5. The van der Waals surface area contributed by atoms with Gasteiger partial charge >= 0.3 is 0 Å². The van der Waals surface area contributed by atoms with E-state index in [0.717, 1.165) is 42.2 Å². The average molecular weight is 427 g/mol. The van der Waals surface area contributed by atoms with E-state index < -0.39 is 0 Å². The highest BCUT2D eigenvalue weighted by Crippen LogP contribution is 2.30. The van der Waals surface area contributed by atoms with Crippen LogP contribution in [-0.4, -0.2) is 40.2 Å². The van der Waals surface area contributed by atoms with Gasteiger partial charge < -0.3 is 10.3 Å². The monoisotopic (exact) mass is 426 g/mol. The second-order valence-electron chi connectivity index (χ2n) is 8.89. The summed E-state index contributed by atoms with van der Waals surface area (Å²) >= 11 is 0. The number of benzene rings is 1. The molecule has 162 valence electrons. The molecule has 1 unspecified atom stereocenters. The van der Waals surface area contributed by atoms with Crippen molar-refractivity contribution in [2.45, 2.75) is 52.0 Å². The minimum Gasteiger partial charge on any atom is -0.358 e. The van der Waals surface area contributed by atoms with Crippen molar-refractivity contribution in [3.05, 3.63) is 65.5 Å². The lowest BCUT2D eigenvalue weighted by molar-refractivity contribution is 0.598. The Hall–Kier alpha value is -3.68. The highest BCUT2D eigenvalue weighted by atomic mass is 15.4. The maximum Gasteiger partial charge on any atom is 0.240 e. The van der Waals surface area contributed by atoms with Crippen molar-refractivity contribution in [2.24, 2.45) is 0 Å². The van der Waals surface area contributed by atoms with Gasteiger partial charge in [0.2, 0.25) is 11.9 Å². The van der Waals surface area contributed by atoms with E-state index in [1.807, 2.05) is 28.4 Å². The molecule has 8 heteroatoms. The Bertz CT molecular complexity index is 1440. The predicted octanol–water partition coefficient (Wildman–Crippen LogP) is 4.19. The number of hydrogen-bond donors (Lipinski definition) is 2. The summed E-state index contributed by atoms with van der Waals surface area (Å²) in [4.78, 5) is 17.7. The van der Waals surface area contributed by atoms with Crippen LogP contribution >= 0.6 is 0 Å². The Morgan fingerprint density at radius 3 is 2.88 bits per heavy atom. The highest BCUT2D eigenvalue weighted by Gasteiger charge is 2.24. The van der Waals surface area contributed by atoms with E-state index in [0.29, 0.717) is 11.9 Å². The number of anilines is 1. The van der Waals surface area contributed by atoms with Crippen molar-refractivity contribution >= 4 is 22.5 Å². The number of fused-ring (bicyclic) bond motifs is 4. The van der Waals surface area contributed by atoms with Crippen molar-refractivity contribution in [1.29, 1.82) is 0 Å². The van der Waals surface area contributed by atoms with Gasteiger partial charge in [0.05, 0.1) is 6.20 Å². The summed E-state index contributed by atoms with van der Waals surface area (Å²) < 4.78 is 3.76. The number of imidazole rings is 1. The van der Waals surface area contributed by atoms with Gasteiger partial charge in [-0.15, -0.1) is 0 Å². The molecule has 1 aliphatic rings. The number of H-pyrrole nitrogens is 1. The van der Waals surface area contributed by atoms with Crippen molar-refractivity contribution in [2.75, 3.05) is 5.32 Å². The SMILES string of the molecule is Cc1nccn1-c1nc(NC2CCc3[nH]c4ccccc4c3C2)n2ncc(C(C)C)c2n1. The van der Waals surface area contributed by atoms with Gasteiger partial charge in [-0.3, -0.25) is 4.57 Å². The summed E-state index contributed by atoms with van der Waals surface area (Å²) in [7, 11) is 0. The molecule has 4 heterocycles. The summed E-state index contributed by atoms with van der Waals surface area (Å²) in [6.07, 6.45) is 8.57. The van der Waals surface area contributed by atoms with Crippen molar-refractivity contribution < 1.29 is 0 Å². The zero-order chi connectivity index (χ0) is 21.8. The largest absolute Gasteiger partial charge is 0.358 e. The lowest BCUT2D eigenvalue weighted by Crippen LogP contribution is -2.29. The van der Waals surface area contributed by atoms with E-state index in [1.165, 1.54) is 22.2 Å². The molecule has 8 nitrogen and oxygen atoms in total. The minimum atomic E-state index is 0.267. The van der Waals surface area contributed by atoms with Crippen LogP contribution in [0.4, 0.5) is 5.95 Å². The second kappa shape index (κ2) is 7.19. The molecule has 4 aromatic heterocycles. The van der Waals surface area contributed by atoms with E-state index in [1.54, 1.807) is 6.20 Å². The number of aromatic nitrogens is 7. The van der Waals surface area contributed by atoms with E-state index in [2.05, 4.69) is 58.5 Å². The number of aryl methyl sites for hydroxylation is 2. The summed E-state index contributed by atoms with van der Waals surface area (Å²) in [5.74, 6) is 2.50. The first kappa shape index (κ1) is 19.0. The second-order valence-corrected chi connectivity index (χ2v) is 8.89. The number of rotatable bonds is 4. The van der Waals surface area contributed by atoms with E-state index in [4.69, 9.17) is 9.97 Å². The van der Waals surface area contributed by atoms with Gasteiger partial charge in [0.1, 0.15) is 5.82 Å². The van der Waals surface area contributed by atoms with Gasteiger partial charge in [-0.05, 0) is 43.7 Å². The summed E-state index contributed by atoms with van der Waals surface area (Å²) in [5, 5.41) is 9.64. The summed E-state index contributed by atoms with van der Waals surface area (Å²) in [5.41, 5.74) is 5.92. The Morgan fingerprint density at radius 1 is 1.19 bits per heavy atom. The number of hydrogen-bond acceptors (Lipinski definition) is 5. The topological polar surface area (TPSA) is 88.7 Å². The van der Waals surface area contributed by atoms with Crippen LogP contribution in [0.2, 0.25) is 0 Å². The van der Waals surface area contributed by atoms with E-state index in [9.17, 15) is 0 Å². The molecule has 0 spiro atoms. The first-order chi connectivity index (χ1) is 15.6. The van der Waals surface area contributed by atoms with Crippen molar-refractivity contribution in [3.63, 3.8) is 0 Å². The molecule has 32 heavy (non-hydrogen) atoms. The molecule has 0 saturated heterocycles. The van der Waals surface area contributed by atoms with Gasteiger partial charge in [0.15, 0.2) is 5.65 Å². The quantitative estimate of drug-likeness (QED) is 0.450. The molecular weight excluding hydrogens is 400 g/mol. The fourth-order valence-electron chi connectivity index (χ4n) is 4.76. The van der Waals surface area contributed by atoms with Gasteiger partial charge in [-0.2, -0.15) is 19.6 Å². The Morgan fingerprint density at radius 2 is 2.06 bits per heavy atom. The maximum absolute atomic E-state index is 4.87. The lowest BCUT2D eigenvalue weighted by Gasteiger charge is -2.24. The molecule has 0 saturated carbocycles. The minimum absolute atomic E-state index is 0.267. The predicted molar refractivity (Wildman–Crippen MR) is 124 cm³/mol. The average Bonchev–Trinajstić information content (AvgIpc) is 3.49. The smallest absolute Gasteiger partial charge is 0.240 e. The molecule has 0 bridgehead atoms. The number of nitrogens with zero attached hydrogens (tertiary/aromatic N) is 6. The lowest BCUT2D eigenvalue weighted by atomic mass is 9.91. The van der Waals surface area contributed by atoms with Crippen LogP contribution < -0.4 is 5.32 Å². The number of para-hydroxylation sites is 1. The van der Waals surface area contributed by atoms with Gasteiger partial charge in [-0.1, -0.05) is 32.0 Å². The first-order valence-corrected chi connectivity index (χ1v) is 11.2. The third-order valence-corrected chi connectivity index (χ3v) is 6.48. The molecule has 2 N–H and O–H groups in total. The van der Waals surface area contributed by atoms with Gasteiger partial charge in [0, 0.05) is 40.6 Å². The molecule has 1 aliphatic carbocycles. The molecule has 0 aliphatic heterocycles. The molecule has 0 fully saturated rings. The maximum atomic E-state index is 4.87. The van der Waals surface area contributed by atoms with Crippen LogP contribution in [0.5, 0.6) is 0 Å². The van der Waals surface area contributed by atoms with E-state index >= 15 is 0 Å². The molecule has 0 radical (unpaired) electrons. The standard InChI is InChI=1S/C24H26N8/c1-14(2)19-13-26-32-22(19)29-23(31-11-10-25-15(31)3)30-24(32)27-16-8-9-21-18(12-16)17-6-4-5-7-20(17)28-21/h4-7,10-11,13-14,16,28H,8-9,12H2,1-3H3,(H,27,29,30).